The zero-order valence-corrected chi connectivity index (χ0v) is 3.38. The summed E-state index contributed by atoms with van der Waals surface area (Å²) in [5.74, 6) is 0.606. The minimum absolute atomic E-state index is 0.606. The second-order valence-corrected chi connectivity index (χ2v) is 0.960. The van der Waals surface area contributed by atoms with Gasteiger partial charge in [0.1, 0.15) is 0 Å². The molecule has 0 fully saturated rings. The van der Waals surface area contributed by atoms with Crippen molar-refractivity contribution in [3.05, 3.63) is 0 Å². The van der Waals surface area contributed by atoms with Gasteiger partial charge in [-0.2, -0.15) is 0 Å². The van der Waals surface area contributed by atoms with Crippen LogP contribution in [0.5, 0.6) is 0 Å². The zero-order valence-electron chi connectivity index (χ0n) is 3.38. The van der Waals surface area contributed by atoms with E-state index in [4.69, 9.17) is 0 Å². The first kappa shape index (κ1) is 3.33. The van der Waals surface area contributed by atoms with Crippen molar-refractivity contribution in [1.29, 1.82) is 0 Å². The van der Waals surface area contributed by atoms with Crippen LogP contribution >= 0.6 is 0 Å². The van der Waals surface area contributed by atoms with Crippen LogP contribution in [0.2, 0.25) is 0 Å². The van der Waals surface area contributed by atoms with Crippen molar-refractivity contribution < 1.29 is 4.84 Å². The highest BCUT2D eigenvalue weighted by Gasteiger charge is 2.05. The molecule has 0 aromatic carbocycles. The van der Waals surface area contributed by atoms with Crippen LogP contribution in [-0.4, -0.2) is 12.2 Å². The standard InChI is InChI=1S/C3H4N2O/c1-3-4-2-5-6-3/h2H,1H3/q+1. The van der Waals surface area contributed by atoms with E-state index in [1.54, 1.807) is 6.92 Å². The van der Waals surface area contributed by atoms with Crippen LogP contribution in [0.15, 0.2) is 5.16 Å². The summed E-state index contributed by atoms with van der Waals surface area (Å²) in [6.45, 7) is 1.74. The second kappa shape index (κ2) is 1.08. The van der Waals surface area contributed by atoms with Crippen molar-refractivity contribution in [3.8, 4) is 0 Å². The van der Waals surface area contributed by atoms with Gasteiger partial charge in [0.05, 0.1) is 0 Å². The molecule has 0 aromatic heterocycles. The van der Waals surface area contributed by atoms with Gasteiger partial charge in [-0.1, -0.05) is 0 Å². The lowest BCUT2D eigenvalue weighted by Crippen LogP contribution is -1.92. The Kier molecular flexibility index (Phi) is 0.602. The molecule has 1 aliphatic rings. The molecule has 1 rings (SSSR count). The molecule has 3 heteroatoms. The maximum atomic E-state index is 4.47. The Bertz CT molecular complexity index is 105. The summed E-state index contributed by atoms with van der Waals surface area (Å²) in [6.07, 6.45) is 1.37. The first-order chi connectivity index (χ1) is 2.89. The van der Waals surface area contributed by atoms with E-state index in [9.17, 15) is 0 Å². The molecule has 3 nitrogen and oxygen atoms in total. The smallest absolute Gasteiger partial charge is 0.214 e. The highest BCUT2D eigenvalue weighted by atomic mass is 16.6. The molecule has 1 radical (unpaired) electrons. The lowest BCUT2D eigenvalue weighted by atomic mass is 10.8. The van der Waals surface area contributed by atoms with Crippen LogP contribution in [0.4, 0.5) is 0 Å². The van der Waals surface area contributed by atoms with Gasteiger partial charge in [-0.25, -0.2) is 4.84 Å². The molecule has 6 heavy (non-hydrogen) atoms. The van der Waals surface area contributed by atoms with E-state index < -0.39 is 0 Å². The number of oxime groups is 1. The van der Waals surface area contributed by atoms with Gasteiger partial charge in [0, 0.05) is 6.92 Å². The first-order valence-electron chi connectivity index (χ1n) is 1.63. The summed E-state index contributed by atoms with van der Waals surface area (Å²) in [6, 6.07) is 0. The molecule has 0 aliphatic carbocycles. The molecule has 0 saturated heterocycles. The molecule has 0 N–H and O–H groups in total. The van der Waals surface area contributed by atoms with Gasteiger partial charge < -0.3 is 0 Å². The van der Waals surface area contributed by atoms with Crippen LogP contribution < -0.4 is 4.99 Å². The summed E-state index contributed by atoms with van der Waals surface area (Å²) in [5, 5.41) is 3.34. The molecule has 1 heterocycles. The molecule has 0 bridgehead atoms. The molecular weight excluding hydrogens is 80.0 g/mol. The third kappa shape index (κ3) is 0.381. The Hall–Kier alpha value is -0.860. The zero-order chi connectivity index (χ0) is 4.41. The summed E-state index contributed by atoms with van der Waals surface area (Å²) < 4.78 is 0. The number of hydrogen-bond donors (Lipinski definition) is 0. The lowest BCUT2D eigenvalue weighted by molar-refractivity contribution is 0.338. The van der Waals surface area contributed by atoms with E-state index >= 15 is 0 Å². The maximum absolute atomic E-state index is 4.47. The molecule has 0 aromatic rings. The van der Waals surface area contributed by atoms with Crippen LogP contribution in [-0.2, 0) is 4.84 Å². The third-order valence-corrected chi connectivity index (χ3v) is 0.471. The predicted octanol–water partition coefficient (Wildman–Crippen LogP) is -0.286. The van der Waals surface area contributed by atoms with Crippen LogP contribution in [0.1, 0.15) is 6.92 Å². The monoisotopic (exact) mass is 84.0 g/mol. The quantitative estimate of drug-likeness (QED) is 0.397. The van der Waals surface area contributed by atoms with Crippen LogP contribution in [0.3, 0.4) is 0 Å². The van der Waals surface area contributed by atoms with Gasteiger partial charge in [-0.05, 0) is 4.99 Å². The van der Waals surface area contributed by atoms with Gasteiger partial charge >= 0.3 is 12.2 Å². The van der Waals surface area contributed by atoms with Crippen molar-refractivity contribution in [1.82, 2.24) is 4.99 Å². The number of rotatable bonds is 0. The maximum Gasteiger partial charge on any atom is 0.378 e. The van der Waals surface area contributed by atoms with Crippen molar-refractivity contribution in [2.75, 3.05) is 0 Å². The number of nitrogens with zero attached hydrogens (tertiary/aromatic N) is 2. The summed E-state index contributed by atoms with van der Waals surface area (Å²) in [5.41, 5.74) is 0. The van der Waals surface area contributed by atoms with Crippen LogP contribution in [0, 0.1) is 0 Å². The van der Waals surface area contributed by atoms with Crippen molar-refractivity contribution in [2.24, 2.45) is 5.16 Å². The van der Waals surface area contributed by atoms with Crippen molar-refractivity contribution in [2.45, 2.75) is 6.92 Å². The highest BCUT2D eigenvalue weighted by Crippen LogP contribution is 1.78. The van der Waals surface area contributed by atoms with Crippen molar-refractivity contribution >= 4 is 12.2 Å². The lowest BCUT2D eigenvalue weighted by Gasteiger charge is -1.66. The largest absolute Gasteiger partial charge is 0.378 e. The molecular formula is C3H4N2O+. The second-order valence-electron chi connectivity index (χ2n) is 0.960. The van der Waals surface area contributed by atoms with E-state index in [2.05, 4.69) is 15.0 Å². The fourth-order valence-electron chi connectivity index (χ4n) is 0.228. The summed E-state index contributed by atoms with van der Waals surface area (Å²) in [7, 11) is 0. The number of aliphatic imine (C=N–C) groups is 1. The Morgan fingerprint density at radius 1 is 2.00 bits per heavy atom. The van der Waals surface area contributed by atoms with Crippen LogP contribution in [0.25, 0.3) is 0 Å². The van der Waals surface area contributed by atoms with Gasteiger partial charge in [0.15, 0.2) is 5.16 Å². The molecule has 0 saturated carbocycles. The molecule has 0 atom stereocenters. The van der Waals surface area contributed by atoms with Gasteiger partial charge in [0.2, 0.25) is 0 Å². The Balaban J connectivity index is 2.61. The van der Waals surface area contributed by atoms with Gasteiger partial charge in [-0.3, -0.25) is 0 Å². The fraction of sp³-hybridized carbons (Fsp3) is 0.333. The fourth-order valence-corrected chi connectivity index (χ4v) is 0.228. The average molecular weight is 84.1 g/mol. The third-order valence-electron chi connectivity index (χ3n) is 0.471. The minimum atomic E-state index is 0.606. The average Bonchev–Trinajstić information content (AvgIpc) is 1.86. The SMILES string of the molecule is CC1=[N+]C=NO1. The first-order valence-corrected chi connectivity index (χ1v) is 1.63. The van der Waals surface area contributed by atoms with Gasteiger partial charge in [-0.15, -0.1) is 0 Å². The molecule has 0 unspecified atom stereocenters. The normalized spacial score (nSPS) is 17.2. The Morgan fingerprint density at radius 3 is 3.00 bits per heavy atom. The van der Waals surface area contributed by atoms with E-state index in [1.165, 1.54) is 6.34 Å². The molecule has 1 aliphatic heterocycles. The Labute approximate surface area is 35.3 Å². The van der Waals surface area contributed by atoms with E-state index in [1.807, 2.05) is 0 Å². The topological polar surface area (TPSA) is 35.7 Å². The van der Waals surface area contributed by atoms with E-state index in [0.717, 1.165) is 0 Å². The van der Waals surface area contributed by atoms with E-state index in [-0.39, 0.29) is 0 Å². The minimum Gasteiger partial charge on any atom is -0.214 e. The molecule has 0 amide bonds. The highest BCUT2D eigenvalue weighted by molar-refractivity contribution is 5.82. The van der Waals surface area contributed by atoms with Gasteiger partial charge in [0.25, 0.3) is 0 Å². The predicted molar refractivity (Wildman–Crippen MR) is 22.4 cm³/mol. The Morgan fingerprint density at radius 2 is 2.83 bits per heavy atom. The summed E-state index contributed by atoms with van der Waals surface area (Å²) in [4.78, 5) is 8.11. The number of hydrogen-bond acceptors (Lipinski definition) is 3. The molecule has 0 spiro atoms. The molecule has 31 valence electrons. The summed E-state index contributed by atoms with van der Waals surface area (Å²) >= 11 is 0. The van der Waals surface area contributed by atoms with Crippen molar-refractivity contribution in [3.63, 3.8) is 0 Å². The van der Waals surface area contributed by atoms with E-state index in [0.29, 0.717) is 5.90 Å².